The maximum absolute atomic E-state index is 12.0. The number of unbranched alkanes of at least 4 members (excludes halogenated alkanes) is 1. The molecule has 1 atom stereocenters. The Morgan fingerprint density at radius 2 is 1.92 bits per heavy atom. The van der Waals surface area contributed by atoms with Crippen LogP contribution in [0.2, 0.25) is 0 Å². The number of methoxy groups -OCH3 is 1. The molecule has 0 bridgehead atoms. The Balaban J connectivity index is 2.42. The van der Waals surface area contributed by atoms with E-state index in [4.69, 9.17) is 14.2 Å². The van der Waals surface area contributed by atoms with Gasteiger partial charge in [0.15, 0.2) is 6.10 Å². The highest BCUT2D eigenvalue weighted by atomic mass is 16.6. The lowest BCUT2D eigenvalue weighted by atomic mass is 10.2. The van der Waals surface area contributed by atoms with Gasteiger partial charge < -0.3 is 19.5 Å². The van der Waals surface area contributed by atoms with Crippen molar-refractivity contribution >= 4 is 17.8 Å². The fourth-order valence-electron chi connectivity index (χ4n) is 1.80. The summed E-state index contributed by atoms with van der Waals surface area (Å²) in [5, 5.41) is 2.42. The summed E-state index contributed by atoms with van der Waals surface area (Å²) in [6.45, 7) is 3.33. The van der Waals surface area contributed by atoms with Crippen molar-refractivity contribution in [2.45, 2.75) is 32.8 Å². The summed E-state index contributed by atoms with van der Waals surface area (Å²) >= 11 is 0. The number of benzene rings is 1. The van der Waals surface area contributed by atoms with Gasteiger partial charge in [-0.1, -0.05) is 25.5 Å². The SMILES string of the molecule is CCCCOC(=O)[C@H](C)OC(=O)CNC(=O)c1ccccc1OC. The molecule has 1 amide bonds. The fourth-order valence-corrected chi connectivity index (χ4v) is 1.80. The van der Waals surface area contributed by atoms with Crippen LogP contribution in [0, 0.1) is 0 Å². The van der Waals surface area contributed by atoms with E-state index in [1.165, 1.54) is 14.0 Å². The molecule has 0 saturated heterocycles. The number of amides is 1. The molecule has 0 fully saturated rings. The lowest BCUT2D eigenvalue weighted by molar-refractivity contribution is -0.166. The summed E-state index contributed by atoms with van der Waals surface area (Å²) in [5.41, 5.74) is 0.305. The third-order valence-corrected chi connectivity index (χ3v) is 3.13. The van der Waals surface area contributed by atoms with Gasteiger partial charge in [-0.25, -0.2) is 4.79 Å². The lowest BCUT2D eigenvalue weighted by Gasteiger charge is -2.13. The molecule has 24 heavy (non-hydrogen) atoms. The summed E-state index contributed by atoms with van der Waals surface area (Å²) in [7, 11) is 1.45. The molecule has 7 nitrogen and oxygen atoms in total. The molecular formula is C17H23NO6. The van der Waals surface area contributed by atoms with E-state index >= 15 is 0 Å². The number of hydrogen-bond donors (Lipinski definition) is 1. The summed E-state index contributed by atoms with van der Waals surface area (Å²) in [6.07, 6.45) is 0.634. The second-order valence-corrected chi connectivity index (χ2v) is 5.04. The van der Waals surface area contributed by atoms with Crippen LogP contribution in [0.3, 0.4) is 0 Å². The zero-order chi connectivity index (χ0) is 17.9. The van der Waals surface area contributed by atoms with Crippen LogP contribution in [0.15, 0.2) is 24.3 Å². The molecular weight excluding hydrogens is 314 g/mol. The Morgan fingerprint density at radius 1 is 1.21 bits per heavy atom. The molecule has 1 N–H and O–H groups in total. The number of hydrogen-bond acceptors (Lipinski definition) is 6. The average molecular weight is 337 g/mol. The van der Waals surface area contributed by atoms with Gasteiger partial charge in [0.2, 0.25) is 0 Å². The topological polar surface area (TPSA) is 90.9 Å². The predicted molar refractivity (Wildman–Crippen MR) is 86.7 cm³/mol. The Labute approximate surface area is 141 Å². The molecule has 0 heterocycles. The van der Waals surface area contributed by atoms with Crippen molar-refractivity contribution in [1.29, 1.82) is 0 Å². The van der Waals surface area contributed by atoms with Crippen LogP contribution in [0.1, 0.15) is 37.0 Å². The number of ether oxygens (including phenoxy) is 3. The quantitative estimate of drug-likeness (QED) is 0.545. The van der Waals surface area contributed by atoms with Gasteiger partial charge in [-0.15, -0.1) is 0 Å². The Morgan fingerprint density at radius 3 is 2.58 bits per heavy atom. The minimum Gasteiger partial charge on any atom is -0.496 e. The van der Waals surface area contributed by atoms with Crippen LogP contribution < -0.4 is 10.1 Å². The van der Waals surface area contributed by atoms with Crippen molar-refractivity contribution < 1.29 is 28.6 Å². The maximum Gasteiger partial charge on any atom is 0.347 e. The van der Waals surface area contributed by atoms with E-state index < -0.39 is 23.9 Å². The zero-order valence-electron chi connectivity index (χ0n) is 14.2. The summed E-state index contributed by atoms with van der Waals surface area (Å²) < 4.78 is 15.0. The number of carbonyl (C=O) groups is 3. The summed E-state index contributed by atoms with van der Waals surface area (Å²) in [5.74, 6) is -1.40. The molecule has 0 radical (unpaired) electrons. The van der Waals surface area contributed by atoms with E-state index in [1.54, 1.807) is 24.3 Å². The number of para-hydroxylation sites is 1. The molecule has 0 aliphatic heterocycles. The van der Waals surface area contributed by atoms with E-state index in [-0.39, 0.29) is 6.54 Å². The third-order valence-electron chi connectivity index (χ3n) is 3.13. The lowest BCUT2D eigenvalue weighted by Crippen LogP contribution is -2.34. The first-order valence-electron chi connectivity index (χ1n) is 7.76. The Hall–Kier alpha value is -2.57. The molecule has 0 aromatic heterocycles. The van der Waals surface area contributed by atoms with Gasteiger partial charge in [0.1, 0.15) is 12.3 Å². The van der Waals surface area contributed by atoms with Gasteiger partial charge in [-0.3, -0.25) is 9.59 Å². The van der Waals surface area contributed by atoms with Gasteiger partial charge in [-0.2, -0.15) is 0 Å². The second-order valence-electron chi connectivity index (χ2n) is 5.04. The molecule has 1 aromatic rings. The number of carbonyl (C=O) groups excluding carboxylic acids is 3. The van der Waals surface area contributed by atoms with Crippen molar-refractivity contribution in [3.63, 3.8) is 0 Å². The van der Waals surface area contributed by atoms with Crippen molar-refractivity contribution in [2.75, 3.05) is 20.3 Å². The number of rotatable bonds is 9. The molecule has 7 heteroatoms. The highest BCUT2D eigenvalue weighted by Crippen LogP contribution is 2.16. The Bertz CT molecular complexity index is 572. The highest BCUT2D eigenvalue weighted by molar-refractivity contribution is 5.98. The number of esters is 2. The largest absolute Gasteiger partial charge is 0.496 e. The third kappa shape index (κ3) is 6.28. The molecule has 0 aliphatic carbocycles. The van der Waals surface area contributed by atoms with Gasteiger partial charge in [0.05, 0.1) is 19.3 Å². The average Bonchev–Trinajstić information content (AvgIpc) is 2.59. The summed E-state index contributed by atoms with van der Waals surface area (Å²) in [6, 6.07) is 6.63. The van der Waals surface area contributed by atoms with E-state index in [2.05, 4.69) is 5.32 Å². The Kier molecular flexibility index (Phi) is 8.32. The van der Waals surface area contributed by atoms with E-state index in [1.807, 2.05) is 6.92 Å². The minimum absolute atomic E-state index is 0.293. The normalized spacial score (nSPS) is 11.3. The monoisotopic (exact) mass is 337 g/mol. The van der Waals surface area contributed by atoms with Crippen LogP contribution in [0.5, 0.6) is 5.75 Å². The first kappa shape index (κ1) is 19.5. The van der Waals surface area contributed by atoms with Crippen molar-refractivity contribution in [3.05, 3.63) is 29.8 Å². The van der Waals surface area contributed by atoms with E-state index in [9.17, 15) is 14.4 Å². The molecule has 0 saturated carbocycles. The fraction of sp³-hybridized carbons (Fsp3) is 0.471. The van der Waals surface area contributed by atoms with Gasteiger partial charge >= 0.3 is 11.9 Å². The first-order chi connectivity index (χ1) is 11.5. The van der Waals surface area contributed by atoms with Gasteiger partial charge in [0, 0.05) is 0 Å². The molecule has 132 valence electrons. The molecule has 0 aliphatic rings. The van der Waals surface area contributed by atoms with Crippen LogP contribution in [-0.2, 0) is 19.1 Å². The van der Waals surface area contributed by atoms with Gasteiger partial charge in [-0.05, 0) is 25.5 Å². The number of nitrogens with one attached hydrogen (secondary N) is 1. The molecule has 0 spiro atoms. The predicted octanol–water partition coefficient (Wildman–Crippen LogP) is 1.70. The molecule has 0 unspecified atom stereocenters. The minimum atomic E-state index is -1.02. The van der Waals surface area contributed by atoms with Gasteiger partial charge in [0.25, 0.3) is 5.91 Å². The summed E-state index contributed by atoms with van der Waals surface area (Å²) in [4.78, 5) is 35.3. The molecule has 1 aromatic carbocycles. The van der Waals surface area contributed by atoms with Crippen LogP contribution in [0.25, 0.3) is 0 Å². The highest BCUT2D eigenvalue weighted by Gasteiger charge is 2.20. The van der Waals surface area contributed by atoms with E-state index in [0.717, 1.165) is 12.8 Å². The molecule has 1 rings (SSSR count). The van der Waals surface area contributed by atoms with Crippen molar-refractivity contribution in [3.8, 4) is 5.75 Å². The zero-order valence-corrected chi connectivity index (χ0v) is 14.2. The van der Waals surface area contributed by atoms with Crippen molar-refractivity contribution in [1.82, 2.24) is 5.32 Å². The van der Waals surface area contributed by atoms with Crippen molar-refractivity contribution in [2.24, 2.45) is 0 Å². The standard InChI is InChI=1S/C17H23NO6/c1-4-5-10-23-17(21)12(2)24-15(19)11-18-16(20)13-8-6-7-9-14(13)22-3/h6-9,12H,4-5,10-11H2,1-3H3,(H,18,20)/t12-/m0/s1. The van der Waals surface area contributed by atoms with Crippen LogP contribution in [-0.4, -0.2) is 44.2 Å². The van der Waals surface area contributed by atoms with Crippen LogP contribution >= 0.6 is 0 Å². The smallest absolute Gasteiger partial charge is 0.347 e. The first-order valence-corrected chi connectivity index (χ1v) is 7.76. The van der Waals surface area contributed by atoms with E-state index in [0.29, 0.717) is 17.9 Å². The second kappa shape index (κ2) is 10.3. The van der Waals surface area contributed by atoms with Crippen LogP contribution in [0.4, 0.5) is 0 Å². The maximum atomic E-state index is 12.0.